The number of carbonyl (C=O) groups is 1. The van der Waals surface area contributed by atoms with E-state index in [1.54, 1.807) is 6.07 Å². The molecule has 0 aliphatic rings. The largest absolute Gasteiger partial charge is 0.508 e. The molecule has 0 fully saturated rings. The van der Waals surface area contributed by atoms with E-state index in [1.165, 1.54) is 18.4 Å². The summed E-state index contributed by atoms with van der Waals surface area (Å²) in [6.07, 6.45) is 1.33. The van der Waals surface area contributed by atoms with Gasteiger partial charge in [0.1, 0.15) is 11.3 Å². The molecule has 0 bridgehead atoms. The molecule has 0 unspecified atom stereocenters. The Hall–Kier alpha value is -1.97. The van der Waals surface area contributed by atoms with E-state index in [1.807, 2.05) is 0 Å². The number of furan rings is 1. The first-order valence-electron chi connectivity index (χ1n) is 4.07. The van der Waals surface area contributed by atoms with Crippen LogP contribution in [0.25, 0.3) is 11.0 Å². The van der Waals surface area contributed by atoms with Gasteiger partial charge in [0.2, 0.25) is 0 Å². The quantitative estimate of drug-likeness (QED) is 0.760. The van der Waals surface area contributed by atoms with E-state index >= 15 is 0 Å². The van der Waals surface area contributed by atoms with Crippen LogP contribution in [0, 0.1) is 0 Å². The van der Waals surface area contributed by atoms with Gasteiger partial charge in [0.05, 0.1) is 12.7 Å². The summed E-state index contributed by atoms with van der Waals surface area (Å²) in [7, 11) is 0. The van der Waals surface area contributed by atoms with Crippen LogP contribution in [0.15, 0.2) is 28.9 Å². The molecule has 0 amide bonds. The van der Waals surface area contributed by atoms with Crippen LogP contribution in [0.4, 0.5) is 0 Å². The Kier molecular flexibility index (Phi) is 1.89. The maximum absolute atomic E-state index is 10.5. The number of benzene rings is 1. The lowest BCUT2D eigenvalue weighted by atomic mass is 10.1. The topological polar surface area (TPSA) is 70.7 Å². The summed E-state index contributed by atoms with van der Waals surface area (Å²) >= 11 is 0. The zero-order valence-corrected chi connectivity index (χ0v) is 7.23. The number of aromatic hydroxyl groups is 1. The predicted molar refractivity (Wildman–Crippen MR) is 49.2 cm³/mol. The Morgan fingerprint density at radius 1 is 1.43 bits per heavy atom. The molecule has 2 aromatic rings. The maximum atomic E-state index is 10.5. The fraction of sp³-hybridized carbons (Fsp3) is 0.100. The van der Waals surface area contributed by atoms with Crippen molar-refractivity contribution in [3.8, 4) is 5.75 Å². The van der Waals surface area contributed by atoms with Crippen molar-refractivity contribution in [1.82, 2.24) is 0 Å². The molecule has 1 heterocycles. The average Bonchev–Trinajstić information content (AvgIpc) is 2.47. The molecule has 0 spiro atoms. The number of carboxylic acid groups (broad SMARTS) is 1. The minimum Gasteiger partial charge on any atom is -0.508 e. The lowest BCUT2D eigenvalue weighted by molar-refractivity contribution is -0.136. The highest BCUT2D eigenvalue weighted by Gasteiger charge is 2.09. The van der Waals surface area contributed by atoms with Gasteiger partial charge in [-0.2, -0.15) is 0 Å². The molecular weight excluding hydrogens is 184 g/mol. The molecule has 1 aromatic heterocycles. The fourth-order valence-corrected chi connectivity index (χ4v) is 1.37. The molecule has 4 heteroatoms. The van der Waals surface area contributed by atoms with Gasteiger partial charge in [-0.05, 0) is 12.1 Å². The first-order valence-corrected chi connectivity index (χ1v) is 4.07. The summed E-state index contributed by atoms with van der Waals surface area (Å²) < 4.78 is 5.11. The third-order valence-electron chi connectivity index (χ3n) is 1.98. The highest BCUT2D eigenvalue weighted by Crippen LogP contribution is 2.25. The third kappa shape index (κ3) is 1.42. The van der Waals surface area contributed by atoms with Crippen LogP contribution in [-0.4, -0.2) is 16.2 Å². The molecule has 1 aromatic carbocycles. The van der Waals surface area contributed by atoms with Crippen LogP contribution >= 0.6 is 0 Å². The lowest BCUT2D eigenvalue weighted by Crippen LogP contribution is -1.98. The molecule has 0 saturated carbocycles. The van der Waals surface area contributed by atoms with E-state index in [9.17, 15) is 4.79 Å². The van der Waals surface area contributed by atoms with E-state index in [0.717, 1.165) is 5.39 Å². The monoisotopic (exact) mass is 192 g/mol. The predicted octanol–water partition coefficient (Wildman–Crippen LogP) is 1.77. The van der Waals surface area contributed by atoms with Crippen LogP contribution in [0.1, 0.15) is 5.56 Å². The van der Waals surface area contributed by atoms with Crippen molar-refractivity contribution in [3.05, 3.63) is 30.0 Å². The molecule has 0 aliphatic carbocycles. The molecule has 0 atom stereocenters. The zero-order valence-electron chi connectivity index (χ0n) is 7.23. The molecule has 14 heavy (non-hydrogen) atoms. The summed E-state index contributed by atoms with van der Waals surface area (Å²) in [6.45, 7) is 0. The van der Waals surface area contributed by atoms with Crippen LogP contribution in [0.5, 0.6) is 5.75 Å². The van der Waals surface area contributed by atoms with E-state index in [4.69, 9.17) is 14.6 Å². The average molecular weight is 192 g/mol. The number of rotatable bonds is 2. The van der Waals surface area contributed by atoms with Gasteiger partial charge in [-0.25, -0.2) is 0 Å². The van der Waals surface area contributed by atoms with Crippen LogP contribution in [0.3, 0.4) is 0 Å². The number of hydrogen-bond donors (Lipinski definition) is 2. The van der Waals surface area contributed by atoms with Crippen molar-refractivity contribution >= 4 is 16.9 Å². The second kappa shape index (κ2) is 3.06. The Morgan fingerprint density at radius 2 is 2.21 bits per heavy atom. The van der Waals surface area contributed by atoms with Crippen molar-refractivity contribution in [1.29, 1.82) is 0 Å². The summed E-state index contributed by atoms with van der Waals surface area (Å²) in [6, 6.07) is 4.61. The molecule has 0 saturated heterocycles. The Balaban J connectivity index is 2.52. The van der Waals surface area contributed by atoms with E-state index < -0.39 is 5.97 Å². The van der Waals surface area contributed by atoms with Gasteiger partial charge in [-0.15, -0.1) is 0 Å². The third-order valence-corrected chi connectivity index (χ3v) is 1.98. The van der Waals surface area contributed by atoms with Gasteiger partial charge in [-0.3, -0.25) is 4.79 Å². The van der Waals surface area contributed by atoms with Crippen molar-refractivity contribution < 1.29 is 19.4 Å². The maximum Gasteiger partial charge on any atom is 0.307 e. The van der Waals surface area contributed by atoms with E-state index in [-0.39, 0.29) is 12.2 Å². The molecule has 0 aliphatic heterocycles. The second-order valence-corrected chi connectivity index (χ2v) is 3.01. The molecule has 4 nitrogen and oxygen atoms in total. The van der Waals surface area contributed by atoms with E-state index in [0.29, 0.717) is 11.1 Å². The number of phenolic OH excluding ortho intramolecular Hbond substituents is 1. The van der Waals surface area contributed by atoms with Gasteiger partial charge in [0.15, 0.2) is 0 Å². The standard InChI is InChI=1S/C10H8O4/c11-7-1-2-8-6(3-10(12)13)5-14-9(8)4-7/h1-2,4-5,11H,3H2,(H,12,13). The fourth-order valence-electron chi connectivity index (χ4n) is 1.37. The minimum atomic E-state index is -0.902. The number of fused-ring (bicyclic) bond motifs is 1. The summed E-state index contributed by atoms with van der Waals surface area (Å²) in [5.74, 6) is -0.797. The Bertz CT molecular complexity index is 484. The van der Waals surface area contributed by atoms with Crippen LogP contribution < -0.4 is 0 Å². The number of hydrogen-bond acceptors (Lipinski definition) is 3. The van der Waals surface area contributed by atoms with Crippen LogP contribution in [-0.2, 0) is 11.2 Å². The van der Waals surface area contributed by atoms with Gasteiger partial charge in [-0.1, -0.05) is 0 Å². The molecule has 2 N–H and O–H groups in total. The number of carboxylic acids is 1. The minimum absolute atomic E-state index is 0.0717. The Labute approximate surface area is 79.4 Å². The van der Waals surface area contributed by atoms with E-state index in [2.05, 4.69) is 0 Å². The molecule has 72 valence electrons. The lowest BCUT2D eigenvalue weighted by Gasteiger charge is -1.93. The highest BCUT2D eigenvalue weighted by atomic mass is 16.4. The summed E-state index contributed by atoms with van der Waals surface area (Å²) in [5, 5.41) is 18.5. The Morgan fingerprint density at radius 3 is 2.93 bits per heavy atom. The molecular formula is C10H8O4. The van der Waals surface area contributed by atoms with Gasteiger partial charge in [0, 0.05) is 17.0 Å². The van der Waals surface area contributed by atoms with Crippen LogP contribution in [0.2, 0.25) is 0 Å². The first kappa shape index (κ1) is 8.62. The normalized spacial score (nSPS) is 10.6. The number of phenols is 1. The van der Waals surface area contributed by atoms with Crippen molar-refractivity contribution in [2.45, 2.75) is 6.42 Å². The first-order chi connectivity index (χ1) is 6.66. The van der Waals surface area contributed by atoms with Crippen molar-refractivity contribution in [2.24, 2.45) is 0 Å². The van der Waals surface area contributed by atoms with Crippen molar-refractivity contribution in [2.75, 3.05) is 0 Å². The second-order valence-electron chi connectivity index (χ2n) is 3.01. The van der Waals surface area contributed by atoms with Crippen molar-refractivity contribution in [3.63, 3.8) is 0 Å². The van der Waals surface area contributed by atoms with Gasteiger partial charge in [0.25, 0.3) is 0 Å². The van der Waals surface area contributed by atoms with Gasteiger partial charge >= 0.3 is 5.97 Å². The summed E-state index contributed by atoms with van der Waals surface area (Å²) in [5.41, 5.74) is 1.12. The summed E-state index contributed by atoms with van der Waals surface area (Å²) in [4.78, 5) is 10.5. The van der Waals surface area contributed by atoms with Gasteiger partial charge < -0.3 is 14.6 Å². The SMILES string of the molecule is O=C(O)Cc1coc2cc(O)ccc12. The highest BCUT2D eigenvalue weighted by molar-refractivity contribution is 5.86. The molecule has 2 rings (SSSR count). The zero-order chi connectivity index (χ0) is 10.1. The smallest absolute Gasteiger partial charge is 0.307 e. The molecule has 0 radical (unpaired) electrons. The number of aliphatic carboxylic acids is 1.